The van der Waals surface area contributed by atoms with Crippen LogP contribution in [0.15, 0.2) is 115 Å². The van der Waals surface area contributed by atoms with Gasteiger partial charge in [0.1, 0.15) is 22.9 Å². The second-order valence-electron chi connectivity index (χ2n) is 11.4. The Morgan fingerprint density at radius 2 is 1.27 bits per heavy atom. The van der Waals surface area contributed by atoms with E-state index in [9.17, 15) is 19.5 Å². The average molecular weight is 594 g/mol. The van der Waals surface area contributed by atoms with Crippen molar-refractivity contribution in [1.82, 2.24) is 10.6 Å². The molecular weight excluding hydrogens is 554 g/mol. The van der Waals surface area contributed by atoms with Crippen LogP contribution >= 0.6 is 0 Å². The highest BCUT2D eigenvalue weighted by molar-refractivity contribution is 6.01. The molecule has 4 aromatic rings. The molecule has 4 aromatic carbocycles. The van der Waals surface area contributed by atoms with E-state index >= 15 is 0 Å². The number of amides is 3. The lowest BCUT2D eigenvalue weighted by molar-refractivity contribution is -0.127. The predicted octanol–water partition coefficient (Wildman–Crippen LogP) is 6.14. The standard InChI is InChI=1S/C36H39N3O5/c1-5-39(29-22-15-23-30(40)24-29)33(42)31(37-34(43)44-35(2,3)4)25-32(41)38-36(26-16-9-6-10-17-26,27-18-11-7-12-19-27)28-20-13-8-14-21-28/h6-24,31,40H,5,25H2,1-4H3,(H,37,43)(H,38,41)/t31-/m1/s1. The van der Waals surface area contributed by atoms with Crippen LogP contribution in [0.5, 0.6) is 5.75 Å². The minimum absolute atomic E-state index is 0.0125. The molecule has 0 saturated carbocycles. The number of likely N-dealkylation sites (N-methyl/N-ethyl adjacent to an activating group) is 1. The van der Waals surface area contributed by atoms with Crippen LogP contribution in [0.4, 0.5) is 10.5 Å². The molecule has 3 amide bonds. The van der Waals surface area contributed by atoms with Crippen molar-refractivity contribution in [3.63, 3.8) is 0 Å². The van der Waals surface area contributed by atoms with Gasteiger partial charge < -0.3 is 25.4 Å². The fourth-order valence-corrected chi connectivity index (χ4v) is 5.19. The van der Waals surface area contributed by atoms with Crippen LogP contribution in [0.3, 0.4) is 0 Å². The van der Waals surface area contributed by atoms with E-state index in [1.165, 1.54) is 17.0 Å². The van der Waals surface area contributed by atoms with Crippen LogP contribution in [0.25, 0.3) is 0 Å². The third-order valence-corrected chi connectivity index (χ3v) is 7.05. The molecule has 8 nitrogen and oxygen atoms in total. The number of phenols is 1. The van der Waals surface area contributed by atoms with E-state index in [4.69, 9.17) is 4.74 Å². The van der Waals surface area contributed by atoms with E-state index in [0.717, 1.165) is 16.7 Å². The molecule has 228 valence electrons. The van der Waals surface area contributed by atoms with Gasteiger partial charge in [-0.2, -0.15) is 0 Å². The summed E-state index contributed by atoms with van der Waals surface area (Å²) in [7, 11) is 0. The summed E-state index contributed by atoms with van der Waals surface area (Å²) < 4.78 is 5.45. The number of hydrogen-bond donors (Lipinski definition) is 3. The minimum Gasteiger partial charge on any atom is -0.508 e. The first-order valence-electron chi connectivity index (χ1n) is 14.6. The maximum absolute atomic E-state index is 14.1. The van der Waals surface area contributed by atoms with Gasteiger partial charge >= 0.3 is 6.09 Å². The van der Waals surface area contributed by atoms with E-state index in [-0.39, 0.29) is 18.7 Å². The number of rotatable bonds is 10. The largest absolute Gasteiger partial charge is 0.508 e. The molecule has 0 fully saturated rings. The van der Waals surface area contributed by atoms with Crippen LogP contribution in [0.2, 0.25) is 0 Å². The fraction of sp³-hybridized carbons (Fsp3) is 0.250. The number of aromatic hydroxyl groups is 1. The molecule has 0 aliphatic heterocycles. The molecule has 0 bridgehead atoms. The van der Waals surface area contributed by atoms with Crippen LogP contribution in [0.1, 0.15) is 50.8 Å². The summed E-state index contributed by atoms with van der Waals surface area (Å²) in [4.78, 5) is 42.5. The molecule has 0 radical (unpaired) electrons. The Balaban J connectivity index is 1.75. The van der Waals surface area contributed by atoms with Crippen LogP contribution in [0, 0.1) is 0 Å². The zero-order valence-corrected chi connectivity index (χ0v) is 25.5. The van der Waals surface area contributed by atoms with Crippen molar-refractivity contribution in [3.05, 3.63) is 132 Å². The lowest BCUT2D eigenvalue weighted by Gasteiger charge is -2.37. The first-order valence-corrected chi connectivity index (χ1v) is 14.6. The summed E-state index contributed by atoms with van der Waals surface area (Å²) in [6.07, 6.45) is -1.20. The second kappa shape index (κ2) is 13.9. The number of nitrogens with one attached hydrogen (secondary N) is 2. The van der Waals surface area contributed by atoms with E-state index in [0.29, 0.717) is 5.69 Å². The van der Waals surface area contributed by atoms with E-state index in [1.807, 2.05) is 91.0 Å². The molecular formula is C36H39N3O5. The van der Waals surface area contributed by atoms with Crippen LogP contribution < -0.4 is 15.5 Å². The molecule has 0 aromatic heterocycles. The molecule has 4 rings (SSSR count). The van der Waals surface area contributed by atoms with Crippen LogP contribution in [-0.4, -0.2) is 41.2 Å². The quantitative estimate of drug-likeness (QED) is 0.192. The number of alkyl carbamates (subject to hydrolysis) is 1. The highest BCUT2D eigenvalue weighted by Crippen LogP contribution is 2.37. The van der Waals surface area contributed by atoms with Crippen molar-refractivity contribution >= 4 is 23.6 Å². The number of anilines is 1. The molecule has 44 heavy (non-hydrogen) atoms. The number of benzene rings is 4. The second-order valence-corrected chi connectivity index (χ2v) is 11.4. The summed E-state index contributed by atoms with van der Waals surface area (Å²) in [5.74, 6) is -1.01. The lowest BCUT2D eigenvalue weighted by atomic mass is 9.77. The Labute approximate surface area is 258 Å². The van der Waals surface area contributed by atoms with Gasteiger partial charge in [-0.3, -0.25) is 9.59 Å². The van der Waals surface area contributed by atoms with Gasteiger partial charge in [-0.15, -0.1) is 0 Å². The van der Waals surface area contributed by atoms with Gasteiger partial charge in [0.25, 0.3) is 0 Å². The number of carbonyl (C=O) groups excluding carboxylic acids is 3. The Bertz CT molecular complexity index is 1460. The average Bonchev–Trinajstić information content (AvgIpc) is 3.00. The Morgan fingerprint density at radius 3 is 1.70 bits per heavy atom. The molecule has 0 unspecified atom stereocenters. The zero-order valence-electron chi connectivity index (χ0n) is 25.5. The molecule has 0 saturated heterocycles. The van der Waals surface area contributed by atoms with Gasteiger partial charge in [-0.05, 0) is 56.5 Å². The van der Waals surface area contributed by atoms with Crippen molar-refractivity contribution in [1.29, 1.82) is 0 Å². The SMILES string of the molecule is CCN(C(=O)[C@@H](CC(=O)NC(c1ccccc1)(c1ccccc1)c1ccccc1)NC(=O)OC(C)(C)C)c1cccc(O)c1. The van der Waals surface area contributed by atoms with E-state index in [2.05, 4.69) is 10.6 Å². The van der Waals surface area contributed by atoms with Crippen molar-refractivity contribution in [3.8, 4) is 5.75 Å². The molecule has 3 N–H and O–H groups in total. The van der Waals surface area contributed by atoms with Gasteiger partial charge in [-0.25, -0.2) is 4.79 Å². The number of nitrogens with zero attached hydrogens (tertiary/aromatic N) is 1. The molecule has 1 atom stereocenters. The number of phenolic OH excluding ortho intramolecular Hbond substituents is 1. The van der Waals surface area contributed by atoms with Gasteiger partial charge in [0.15, 0.2) is 0 Å². The topological polar surface area (TPSA) is 108 Å². The fourth-order valence-electron chi connectivity index (χ4n) is 5.19. The van der Waals surface area contributed by atoms with E-state index in [1.54, 1.807) is 39.8 Å². The maximum atomic E-state index is 14.1. The first kappa shape index (κ1) is 31.8. The predicted molar refractivity (Wildman–Crippen MR) is 171 cm³/mol. The summed E-state index contributed by atoms with van der Waals surface area (Å²) in [5.41, 5.74) is 0.978. The highest BCUT2D eigenvalue weighted by Gasteiger charge is 2.39. The minimum atomic E-state index is -1.27. The van der Waals surface area contributed by atoms with Gasteiger partial charge in [0.05, 0.1) is 6.42 Å². The molecule has 0 spiro atoms. The number of hydrogen-bond acceptors (Lipinski definition) is 5. The summed E-state index contributed by atoms with van der Waals surface area (Å²) in [6, 6.07) is 33.9. The zero-order chi connectivity index (χ0) is 31.7. The van der Waals surface area contributed by atoms with Gasteiger partial charge in [-0.1, -0.05) is 97.1 Å². The Kier molecular flexibility index (Phi) is 10.1. The van der Waals surface area contributed by atoms with E-state index < -0.39 is 35.1 Å². The van der Waals surface area contributed by atoms with Crippen molar-refractivity contribution in [2.45, 2.75) is 51.3 Å². The first-order chi connectivity index (χ1) is 21.0. The van der Waals surface area contributed by atoms with Crippen molar-refractivity contribution < 1.29 is 24.2 Å². The van der Waals surface area contributed by atoms with Crippen LogP contribution in [-0.2, 0) is 19.9 Å². The lowest BCUT2D eigenvalue weighted by Crippen LogP contribution is -2.54. The summed E-state index contributed by atoms with van der Waals surface area (Å²) in [6.45, 7) is 7.16. The number of carbonyl (C=O) groups is 3. The summed E-state index contributed by atoms with van der Waals surface area (Å²) in [5, 5.41) is 15.9. The van der Waals surface area contributed by atoms with Crippen molar-refractivity contribution in [2.24, 2.45) is 0 Å². The third-order valence-electron chi connectivity index (χ3n) is 7.05. The van der Waals surface area contributed by atoms with Gasteiger partial charge in [0, 0.05) is 18.3 Å². The smallest absolute Gasteiger partial charge is 0.408 e. The monoisotopic (exact) mass is 593 g/mol. The summed E-state index contributed by atoms with van der Waals surface area (Å²) >= 11 is 0. The molecule has 0 aliphatic rings. The molecule has 8 heteroatoms. The third kappa shape index (κ3) is 7.64. The highest BCUT2D eigenvalue weighted by atomic mass is 16.6. The van der Waals surface area contributed by atoms with Gasteiger partial charge in [0.2, 0.25) is 11.8 Å². The number of ether oxygens (including phenoxy) is 1. The Hall–Kier alpha value is -5.11. The molecule has 0 heterocycles. The maximum Gasteiger partial charge on any atom is 0.408 e. The Morgan fingerprint density at radius 1 is 0.773 bits per heavy atom. The van der Waals surface area contributed by atoms with Crippen molar-refractivity contribution in [2.75, 3.05) is 11.4 Å². The molecule has 0 aliphatic carbocycles. The normalized spacial score (nSPS) is 12.1.